The molecule has 2 aromatic carbocycles. The molecule has 1 aliphatic rings. The predicted molar refractivity (Wildman–Crippen MR) is 94.1 cm³/mol. The first-order valence-electron chi connectivity index (χ1n) is 7.64. The van der Waals surface area contributed by atoms with Gasteiger partial charge in [0.2, 0.25) is 10.0 Å². The number of carbonyl (C=O) groups excluding carboxylic acids is 1. The van der Waals surface area contributed by atoms with Gasteiger partial charge in [0, 0.05) is 18.0 Å². The number of benzene rings is 2. The van der Waals surface area contributed by atoms with Crippen LogP contribution in [0.3, 0.4) is 0 Å². The number of amides is 1. The molecule has 0 spiro atoms. The normalized spacial score (nSPS) is 16.2. The Morgan fingerprint density at radius 3 is 2.64 bits per heavy atom. The van der Waals surface area contributed by atoms with Gasteiger partial charge in [0.15, 0.2) is 6.10 Å². The van der Waals surface area contributed by atoms with E-state index in [9.17, 15) is 13.2 Å². The highest BCUT2D eigenvalue weighted by molar-refractivity contribution is 7.89. The average Bonchev–Trinajstić information content (AvgIpc) is 3.03. The van der Waals surface area contributed by atoms with Crippen LogP contribution in [0.1, 0.15) is 11.1 Å². The fraction of sp³-hybridized carbons (Fsp3) is 0.235. The van der Waals surface area contributed by atoms with Crippen LogP contribution in [0.25, 0.3) is 0 Å². The van der Waals surface area contributed by atoms with E-state index >= 15 is 0 Å². The third-order valence-electron chi connectivity index (χ3n) is 3.96. The first kappa shape index (κ1) is 17.7. The Labute approximate surface area is 151 Å². The maximum absolute atomic E-state index is 12.3. The molecule has 25 heavy (non-hydrogen) atoms. The van der Waals surface area contributed by atoms with Crippen molar-refractivity contribution >= 4 is 27.5 Å². The minimum atomic E-state index is -3.46. The maximum Gasteiger partial charge on any atom is 0.261 e. The van der Waals surface area contributed by atoms with Crippen molar-refractivity contribution in [1.82, 2.24) is 10.0 Å². The van der Waals surface area contributed by atoms with Gasteiger partial charge in [-0.1, -0.05) is 23.7 Å². The van der Waals surface area contributed by atoms with Gasteiger partial charge < -0.3 is 10.1 Å². The molecular weight excluding hydrogens is 364 g/mol. The molecule has 0 saturated heterocycles. The summed E-state index contributed by atoms with van der Waals surface area (Å²) in [5, 5.41) is 3.41. The lowest BCUT2D eigenvalue weighted by Gasteiger charge is -2.11. The van der Waals surface area contributed by atoms with Gasteiger partial charge in [0.1, 0.15) is 5.75 Å². The Morgan fingerprint density at radius 1 is 1.24 bits per heavy atom. The number of carbonyl (C=O) groups is 1. The van der Waals surface area contributed by atoms with E-state index in [2.05, 4.69) is 10.0 Å². The standard InChI is InChI=1S/C17H17ClN2O4S/c1-19-25(22,23)14-5-2-11(3-6-14)10-20-17(21)16-9-12-8-13(18)4-7-15(12)24-16/h2-8,16,19H,9-10H2,1H3,(H,20,21). The summed E-state index contributed by atoms with van der Waals surface area (Å²) in [4.78, 5) is 12.4. The number of hydrogen-bond donors (Lipinski definition) is 2. The van der Waals surface area contributed by atoms with Crippen molar-refractivity contribution in [3.8, 4) is 5.75 Å². The number of sulfonamides is 1. The summed E-state index contributed by atoms with van der Waals surface area (Å²) < 4.78 is 31.2. The van der Waals surface area contributed by atoms with Gasteiger partial charge in [0.25, 0.3) is 5.91 Å². The summed E-state index contributed by atoms with van der Waals surface area (Å²) in [7, 11) is -2.10. The van der Waals surface area contributed by atoms with Gasteiger partial charge >= 0.3 is 0 Å². The zero-order valence-corrected chi connectivity index (χ0v) is 15.0. The van der Waals surface area contributed by atoms with Crippen molar-refractivity contribution in [2.45, 2.75) is 24.0 Å². The molecule has 6 nitrogen and oxygen atoms in total. The van der Waals surface area contributed by atoms with Crippen LogP contribution in [0, 0.1) is 0 Å². The smallest absolute Gasteiger partial charge is 0.261 e. The molecule has 0 radical (unpaired) electrons. The molecule has 2 N–H and O–H groups in total. The van der Waals surface area contributed by atoms with Gasteiger partial charge in [-0.05, 0) is 48.5 Å². The summed E-state index contributed by atoms with van der Waals surface area (Å²) in [5.41, 5.74) is 1.70. The highest BCUT2D eigenvalue weighted by Gasteiger charge is 2.29. The molecule has 0 saturated carbocycles. The molecule has 1 aliphatic heterocycles. The number of fused-ring (bicyclic) bond motifs is 1. The number of halogens is 1. The quantitative estimate of drug-likeness (QED) is 0.829. The molecule has 0 bridgehead atoms. The molecule has 0 aliphatic carbocycles. The molecule has 1 heterocycles. The minimum Gasteiger partial charge on any atom is -0.480 e. The summed E-state index contributed by atoms with van der Waals surface area (Å²) in [5.74, 6) is 0.449. The molecule has 8 heteroatoms. The Balaban J connectivity index is 1.58. The molecule has 0 aromatic heterocycles. The second-order valence-electron chi connectivity index (χ2n) is 5.63. The molecular formula is C17H17ClN2O4S. The van der Waals surface area contributed by atoms with Crippen LogP contribution in [-0.4, -0.2) is 27.5 Å². The van der Waals surface area contributed by atoms with E-state index in [0.29, 0.717) is 17.2 Å². The van der Waals surface area contributed by atoms with Crippen LogP contribution in [0.5, 0.6) is 5.75 Å². The fourth-order valence-electron chi connectivity index (χ4n) is 2.57. The van der Waals surface area contributed by atoms with Crippen LogP contribution < -0.4 is 14.8 Å². The third kappa shape index (κ3) is 3.95. The largest absolute Gasteiger partial charge is 0.480 e. The van der Waals surface area contributed by atoms with Crippen molar-refractivity contribution in [3.05, 3.63) is 58.6 Å². The van der Waals surface area contributed by atoms with Crippen molar-refractivity contribution in [3.63, 3.8) is 0 Å². The van der Waals surface area contributed by atoms with Gasteiger partial charge in [-0.2, -0.15) is 0 Å². The Hall–Kier alpha value is -2.09. The van der Waals surface area contributed by atoms with E-state index in [1.54, 1.807) is 30.3 Å². The minimum absolute atomic E-state index is 0.177. The van der Waals surface area contributed by atoms with Crippen molar-refractivity contribution in [2.24, 2.45) is 0 Å². The number of rotatable bonds is 5. The lowest BCUT2D eigenvalue weighted by Crippen LogP contribution is -2.37. The number of hydrogen-bond acceptors (Lipinski definition) is 4. The Kier molecular flexibility index (Phi) is 4.99. The molecule has 1 unspecified atom stereocenters. The van der Waals surface area contributed by atoms with E-state index in [1.165, 1.54) is 19.2 Å². The Bertz CT molecular complexity index is 897. The van der Waals surface area contributed by atoms with Crippen LogP contribution in [0.4, 0.5) is 0 Å². The second-order valence-corrected chi connectivity index (χ2v) is 7.95. The van der Waals surface area contributed by atoms with Crippen molar-refractivity contribution < 1.29 is 17.9 Å². The lowest BCUT2D eigenvalue weighted by molar-refractivity contribution is -0.127. The predicted octanol–water partition coefficient (Wildman–Crippen LogP) is 1.87. The molecule has 3 rings (SSSR count). The molecule has 132 valence electrons. The molecule has 1 amide bonds. The van der Waals surface area contributed by atoms with E-state index in [-0.39, 0.29) is 17.3 Å². The number of nitrogens with one attached hydrogen (secondary N) is 2. The first-order chi connectivity index (χ1) is 11.9. The van der Waals surface area contributed by atoms with E-state index in [4.69, 9.17) is 16.3 Å². The SMILES string of the molecule is CNS(=O)(=O)c1ccc(CNC(=O)C2Cc3cc(Cl)ccc3O2)cc1. The average molecular weight is 381 g/mol. The zero-order chi connectivity index (χ0) is 18.0. The summed E-state index contributed by atoms with van der Waals surface area (Å²) in [6.45, 7) is 0.287. The Morgan fingerprint density at radius 2 is 1.96 bits per heavy atom. The molecule has 0 fully saturated rings. The van der Waals surface area contributed by atoms with Crippen molar-refractivity contribution in [2.75, 3.05) is 7.05 Å². The number of ether oxygens (including phenoxy) is 1. The zero-order valence-electron chi connectivity index (χ0n) is 13.5. The lowest BCUT2D eigenvalue weighted by atomic mass is 10.1. The van der Waals surface area contributed by atoms with Crippen LogP contribution >= 0.6 is 11.6 Å². The van der Waals surface area contributed by atoms with Crippen LogP contribution in [0.2, 0.25) is 5.02 Å². The highest BCUT2D eigenvalue weighted by atomic mass is 35.5. The van der Waals surface area contributed by atoms with Gasteiger partial charge in [0.05, 0.1) is 4.90 Å². The third-order valence-corrected chi connectivity index (χ3v) is 5.62. The van der Waals surface area contributed by atoms with E-state index < -0.39 is 16.1 Å². The van der Waals surface area contributed by atoms with Gasteiger partial charge in [-0.25, -0.2) is 13.1 Å². The maximum atomic E-state index is 12.3. The second kappa shape index (κ2) is 7.03. The summed E-state index contributed by atoms with van der Waals surface area (Å²) in [6.07, 6.45) is -0.112. The molecule has 1 atom stereocenters. The fourth-order valence-corrected chi connectivity index (χ4v) is 3.50. The van der Waals surface area contributed by atoms with Crippen LogP contribution in [0.15, 0.2) is 47.4 Å². The van der Waals surface area contributed by atoms with E-state index in [1.807, 2.05) is 0 Å². The van der Waals surface area contributed by atoms with Gasteiger partial charge in [-0.3, -0.25) is 4.79 Å². The first-order valence-corrected chi connectivity index (χ1v) is 9.50. The van der Waals surface area contributed by atoms with Gasteiger partial charge in [-0.15, -0.1) is 0 Å². The van der Waals surface area contributed by atoms with Crippen molar-refractivity contribution in [1.29, 1.82) is 0 Å². The van der Waals surface area contributed by atoms with Crippen LogP contribution in [-0.2, 0) is 27.8 Å². The monoisotopic (exact) mass is 380 g/mol. The topological polar surface area (TPSA) is 84.5 Å². The van der Waals surface area contributed by atoms with E-state index in [0.717, 1.165) is 11.1 Å². The molecule has 2 aromatic rings. The summed E-state index contributed by atoms with van der Waals surface area (Å²) >= 11 is 5.94. The highest BCUT2D eigenvalue weighted by Crippen LogP contribution is 2.31. The summed E-state index contributed by atoms with van der Waals surface area (Å²) in [6, 6.07) is 11.6.